The second kappa shape index (κ2) is 3.14. The molecule has 0 saturated carbocycles. The summed E-state index contributed by atoms with van der Waals surface area (Å²) in [6.45, 7) is 3.58. The molecule has 0 aromatic heterocycles. The van der Waals surface area contributed by atoms with E-state index in [2.05, 4.69) is 11.9 Å². The van der Waals surface area contributed by atoms with Crippen LogP contribution in [0.25, 0.3) is 0 Å². The van der Waals surface area contributed by atoms with Crippen LogP contribution in [-0.4, -0.2) is 18.3 Å². The largest absolute Gasteiger partial charge is 0.504 e. The van der Waals surface area contributed by atoms with Gasteiger partial charge in [0.2, 0.25) is 0 Å². The van der Waals surface area contributed by atoms with Gasteiger partial charge < -0.3 is 15.2 Å². The number of methoxy groups -OCH3 is 1. The van der Waals surface area contributed by atoms with E-state index < -0.39 is 0 Å². The Bertz CT molecular complexity index is 218. The van der Waals surface area contributed by atoms with E-state index in [1.807, 2.05) is 0 Å². The fourth-order valence-corrected chi connectivity index (χ4v) is 0.846. The number of hydrogen-bond donors (Lipinski definition) is 2. The maximum Gasteiger partial charge on any atom is 0.175 e. The minimum Gasteiger partial charge on any atom is -0.504 e. The lowest BCUT2D eigenvalue weighted by molar-refractivity contribution is 0.249. The molecule has 0 amide bonds. The normalized spacial score (nSPS) is 22.8. The fraction of sp³-hybridized carbons (Fsp3) is 0.250. The van der Waals surface area contributed by atoms with Crippen molar-refractivity contribution in [3.63, 3.8) is 0 Å². The average molecular weight is 153 g/mol. The Morgan fingerprint density at radius 2 is 2.55 bits per heavy atom. The van der Waals surface area contributed by atoms with E-state index in [0.29, 0.717) is 5.76 Å². The van der Waals surface area contributed by atoms with E-state index in [-0.39, 0.29) is 11.8 Å². The van der Waals surface area contributed by atoms with Crippen LogP contribution in [0, 0.1) is 0 Å². The monoisotopic (exact) mass is 153 g/mol. The molecule has 0 bridgehead atoms. The van der Waals surface area contributed by atoms with Gasteiger partial charge in [-0.2, -0.15) is 0 Å². The topological polar surface area (TPSA) is 41.5 Å². The Balaban J connectivity index is 2.73. The Kier molecular flexibility index (Phi) is 2.21. The van der Waals surface area contributed by atoms with Crippen molar-refractivity contribution in [3.8, 4) is 0 Å². The molecule has 0 radical (unpaired) electrons. The predicted octanol–water partition coefficient (Wildman–Crippen LogP) is 1.07. The fourth-order valence-electron chi connectivity index (χ4n) is 0.846. The lowest BCUT2D eigenvalue weighted by Crippen LogP contribution is -2.24. The van der Waals surface area contributed by atoms with Gasteiger partial charge in [0.05, 0.1) is 13.2 Å². The number of dihydropyridines is 1. The number of aliphatic hydroxyl groups excluding tert-OH is 1. The van der Waals surface area contributed by atoms with Crippen molar-refractivity contribution >= 4 is 0 Å². The van der Waals surface area contributed by atoms with E-state index in [9.17, 15) is 5.11 Å². The molecule has 0 fully saturated rings. The summed E-state index contributed by atoms with van der Waals surface area (Å²) in [5, 5.41) is 12.2. The first-order chi connectivity index (χ1) is 5.27. The molecule has 0 saturated heterocycles. The predicted molar refractivity (Wildman–Crippen MR) is 42.9 cm³/mol. The number of aliphatic hydroxyl groups is 1. The molecule has 1 heterocycles. The van der Waals surface area contributed by atoms with Crippen LogP contribution >= 0.6 is 0 Å². The summed E-state index contributed by atoms with van der Waals surface area (Å²) < 4.78 is 4.84. The molecular formula is C8H11NO2. The molecule has 1 atom stereocenters. The highest BCUT2D eigenvalue weighted by molar-refractivity contribution is 5.27. The molecule has 1 aliphatic rings. The van der Waals surface area contributed by atoms with Crippen LogP contribution in [0.2, 0.25) is 0 Å². The van der Waals surface area contributed by atoms with Gasteiger partial charge in [0.15, 0.2) is 11.5 Å². The van der Waals surface area contributed by atoms with Crippen LogP contribution in [0.4, 0.5) is 0 Å². The van der Waals surface area contributed by atoms with Gasteiger partial charge in [0, 0.05) is 6.20 Å². The summed E-state index contributed by atoms with van der Waals surface area (Å²) in [4.78, 5) is 0. The van der Waals surface area contributed by atoms with Crippen molar-refractivity contribution in [2.75, 3.05) is 7.11 Å². The Morgan fingerprint density at radius 3 is 3.00 bits per heavy atom. The minimum absolute atomic E-state index is 0.00565. The van der Waals surface area contributed by atoms with Gasteiger partial charge >= 0.3 is 0 Å². The lowest BCUT2D eigenvalue weighted by atomic mass is 10.2. The highest BCUT2D eigenvalue weighted by Crippen LogP contribution is 2.11. The van der Waals surface area contributed by atoms with Crippen molar-refractivity contribution in [1.82, 2.24) is 5.32 Å². The van der Waals surface area contributed by atoms with Gasteiger partial charge in [-0.15, -0.1) is 6.58 Å². The third-order valence-corrected chi connectivity index (χ3v) is 1.47. The number of rotatable bonds is 2. The van der Waals surface area contributed by atoms with Crippen LogP contribution in [0.1, 0.15) is 0 Å². The van der Waals surface area contributed by atoms with Gasteiger partial charge in [-0.3, -0.25) is 0 Å². The summed E-state index contributed by atoms with van der Waals surface area (Å²) in [5.74, 6) is 0.597. The van der Waals surface area contributed by atoms with Gasteiger partial charge in [-0.25, -0.2) is 0 Å². The van der Waals surface area contributed by atoms with Crippen LogP contribution in [-0.2, 0) is 4.74 Å². The zero-order chi connectivity index (χ0) is 8.27. The van der Waals surface area contributed by atoms with Crippen molar-refractivity contribution < 1.29 is 9.84 Å². The second-order valence-electron chi connectivity index (χ2n) is 2.19. The molecule has 0 aliphatic carbocycles. The molecule has 0 aromatic carbocycles. The lowest BCUT2D eigenvalue weighted by Gasteiger charge is -2.16. The first kappa shape index (κ1) is 7.72. The SMILES string of the molecule is C=CC1C=C(O)C(OC)=CN1. The van der Waals surface area contributed by atoms with Crippen LogP contribution < -0.4 is 5.32 Å². The molecule has 0 spiro atoms. The van der Waals surface area contributed by atoms with E-state index >= 15 is 0 Å². The Labute approximate surface area is 65.7 Å². The first-order valence-electron chi connectivity index (χ1n) is 3.32. The standard InChI is InChI=1S/C8H11NO2/c1-3-6-4-7(10)8(11-2)5-9-6/h3-6,9-10H,1H2,2H3. The minimum atomic E-state index is -0.00565. The quantitative estimate of drug-likeness (QED) is 0.583. The van der Waals surface area contributed by atoms with Gasteiger partial charge in [-0.1, -0.05) is 6.08 Å². The molecule has 2 N–H and O–H groups in total. The van der Waals surface area contributed by atoms with Gasteiger partial charge in [-0.05, 0) is 6.08 Å². The third kappa shape index (κ3) is 1.55. The highest BCUT2D eigenvalue weighted by atomic mass is 16.5. The van der Waals surface area contributed by atoms with Crippen LogP contribution in [0.5, 0.6) is 0 Å². The number of nitrogens with one attached hydrogen (secondary N) is 1. The molecule has 1 rings (SSSR count). The number of ether oxygens (including phenoxy) is 1. The Morgan fingerprint density at radius 1 is 1.82 bits per heavy atom. The summed E-state index contributed by atoms with van der Waals surface area (Å²) >= 11 is 0. The molecule has 3 nitrogen and oxygen atoms in total. The second-order valence-corrected chi connectivity index (χ2v) is 2.19. The summed E-state index contributed by atoms with van der Waals surface area (Å²) in [6.07, 6.45) is 4.94. The van der Waals surface area contributed by atoms with Crippen molar-refractivity contribution in [2.24, 2.45) is 0 Å². The van der Waals surface area contributed by atoms with E-state index in [4.69, 9.17) is 4.74 Å². The molecule has 3 heteroatoms. The third-order valence-electron chi connectivity index (χ3n) is 1.47. The average Bonchev–Trinajstić information content (AvgIpc) is 2.04. The maximum absolute atomic E-state index is 9.25. The molecule has 1 aliphatic heterocycles. The van der Waals surface area contributed by atoms with E-state index in [1.165, 1.54) is 7.11 Å². The summed E-state index contributed by atoms with van der Waals surface area (Å²) in [6, 6.07) is -0.00565. The van der Waals surface area contributed by atoms with Gasteiger partial charge in [0.25, 0.3) is 0 Å². The van der Waals surface area contributed by atoms with Crippen molar-refractivity contribution in [2.45, 2.75) is 6.04 Å². The van der Waals surface area contributed by atoms with Crippen LogP contribution in [0.15, 0.2) is 36.4 Å². The van der Waals surface area contributed by atoms with Crippen molar-refractivity contribution in [1.29, 1.82) is 0 Å². The molecule has 60 valence electrons. The zero-order valence-electron chi connectivity index (χ0n) is 6.37. The Hall–Kier alpha value is -1.38. The zero-order valence-corrected chi connectivity index (χ0v) is 6.37. The molecule has 11 heavy (non-hydrogen) atoms. The smallest absolute Gasteiger partial charge is 0.175 e. The maximum atomic E-state index is 9.25. The number of hydrogen-bond acceptors (Lipinski definition) is 3. The first-order valence-corrected chi connectivity index (χ1v) is 3.32. The van der Waals surface area contributed by atoms with Gasteiger partial charge in [0.1, 0.15) is 0 Å². The van der Waals surface area contributed by atoms with E-state index in [1.54, 1.807) is 18.4 Å². The van der Waals surface area contributed by atoms with Crippen LogP contribution in [0.3, 0.4) is 0 Å². The molecule has 0 aromatic rings. The summed E-state index contributed by atoms with van der Waals surface area (Å²) in [7, 11) is 1.51. The highest BCUT2D eigenvalue weighted by Gasteiger charge is 2.11. The van der Waals surface area contributed by atoms with Crippen molar-refractivity contribution in [3.05, 3.63) is 36.4 Å². The van der Waals surface area contributed by atoms with E-state index in [0.717, 1.165) is 0 Å². The summed E-state index contributed by atoms with van der Waals surface area (Å²) in [5.41, 5.74) is 0. The molecule has 1 unspecified atom stereocenters. The molecular weight excluding hydrogens is 142 g/mol.